The van der Waals surface area contributed by atoms with Crippen LogP contribution in [0.25, 0.3) is 0 Å². The van der Waals surface area contributed by atoms with E-state index in [1.54, 1.807) is 25.1 Å². The lowest BCUT2D eigenvalue weighted by Gasteiger charge is -2.25. The number of halogens is 1. The Morgan fingerprint density at radius 2 is 1.95 bits per heavy atom. The van der Waals surface area contributed by atoms with Crippen LogP contribution < -0.4 is 9.62 Å². The van der Waals surface area contributed by atoms with Gasteiger partial charge in [-0.25, -0.2) is 8.42 Å². The van der Waals surface area contributed by atoms with E-state index in [4.69, 9.17) is 11.6 Å². The molecule has 0 saturated heterocycles. The zero-order valence-electron chi connectivity index (χ0n) is 12.2. The van der Waals surface area contributed by atoms with E-state index in [-0.39, 0.29) is 0 Å². The quantitative estimate of drug-likeness (QED) is 0.917. The molecule has 0 atom stereocenters. The van der Waals surface area contributed by atoms with Crippen LogP contribution in [0.15, 0.2) is 47.4 Å². The Kier molecular flexibility index (Phi) is 4.12. The molecule has 0 radical (unpaired) electrons. The molecule has 1 aliphatic heterocycles. The smallest absolute Gasteiger partial charge is 0.264 e. The normalized spacial score (nSPS) is 15.3. The van der Waals surface area contributed by atoms with Gasteiger partial charge in [0.2, 0.25) is 0 Å². The van der Waals surface area contributed by atoms with E-state index in [1.165, 1.54) is 4.31 Å². The highest BCUT2D eigenvalue weighted by Crippen LogP contribution is 2.30. The number of hydrogen-bond donors (Lipinski definition) is 1. The molecule has 0 fully saturated rings. The summed E-state index contributed by atoms with van der Waals surface area (Å²) in [6.07, 6.45) is 0. The Bertz CT molecular complexity index is 806. The Morgan fingerprint density at radius 1 is 1.18 bits per heavy atom. The van der Waals surface area contributed by atoms with Crippen molar-refractivity contribution >= 4 is 27.3 Å². The first-order valence-electron chi connectivity index (χ1n) is 7.07. The summed E-state index contributed by atoms with van der Waals surface area (Å²) in [6, 6.07) is 12.5. The summed E-state index contributed by atoms with van der Waals surface area (Å²) >= 11 is 5.94. The van der Waals surface area contributed by atoms with Crippen LogP contribution in [-0.2, 0) is 16.6 Å². The maximum Gasteiger partial charge on any atom is 0.264 e. The highest BCUT2D eigenvalue weighted by molar-refractivity contribution is 7.92. The summed E-state index contributed by atoms with van der Waals surface area (Å²) in [5.74, 6) is 0. The molecule has 2 aromatic carbocycles. The molecule has 1 aliphatic rings. The van der Waals surface area contributed by atoms with Crippen molar-refractivity contribution in [2.24, 2.45) is 0 Å². The van der Waals surface area contributed by atoms with Crippen molar-refractivity contribution in [1.82, 2.24) is 5.32 Å². The number of anilines is 1. The Morgan fingerprint density at radius 3 is 2.73 bits per heavy atom. The molecule has 1 N–H and O–H groups in total. The van der Waals surface area contributed by atoms with Crippen molar-refractivity contribution in [2.75, 3.05) is 17.4 Å². The number of hydrogen-bond acceptors (Lipinski definition) is 3. The van der Waals surface area contributed by atoms with E-state index in [1.807, 2.05) is 24.3 Å². The molecular weight excluding hydrogens is 320 g/mol. The van der Waals surface area contributed by atoms with Crippen LogP contribution in [0.5, 0.6) is 0 Å². The van der Waals surface area contributed by atoms with Gasteiger partial charge in [0.05, 0.1) is 10.6 Å². The lowest BCUT2D eigenvalue weighted by atomic mass is 10.2. The number of aryl methyl sites for hydroxylation is 1. The number of rotatable bonds is 2. The topological polar surface area (TPSA) is 49.4 Å². The zero-order chi connectivity index (χ0) is 15.7. The minimum absolute atomic E-state index is 0.300. The molecule has 2 aromatic rings. The number of nitrogens with one attached hydrogen (secondary N) is 1. The van der Waals surface area contributed by atoms with Crippen LogP contribution in [0.1, 0.15) is 11.1 Å². The second-order valence-corrected chi connectivity index (χ2v) is 7.56. The highest BCUT2D eigenvalue weighted by Gasteiger charge is 2.28. The number of para-hydroxylation sites is 1. The van der Waals surface area contributed by atoms with Crippen molar-refractivity contribution in [2.45, 2.75) is 18.4 Å². The Balaban J connectivity index is 2.13. The third-order valence-electron chi connectivity index (χ3n) is 3.77. The van der Waals surface area contributed by atoms with E-state index in [0.29, 0.717) is 35.1 Å². The minimum Gasteiger partial charge on any atom is -0.311 e. The van der Waals surface area contributed by atoms with Crippen LogP contribution in [-0.4, -0.2) is 21.5 Å². The molecule has 116 valence electrons. The molecule has 6 heteroatoms. The van der Waals surface area contributed by atoms with Gasteiger partial charge in [-0.2, -0.15) is 0 Å². The number of benzene rings is 2. The van der Waals surface area contributed by atoms with Gasteiger partial charge in [0, 0.05) is 24.7 Å². The fourth-order valence-corrected chi connectivity index (χ4v) is 4.64. The van der Waals surface area contributed by atoms with E-state index >= 15 is 0 Å². The lowest BCUT2D eigenvalue weighted by molar-refractivity contribution is 0.589. The molecule has 0 bridgehead atoms. The predicted octanol–water partition coefficient (Wildman–Crippen LogP) is 2.95. The summed E-state index contributed by atoms with van der Waals surface area (Å²) in [5, 5.41) is 3.79. The van der Waals surface area contributed by atoms with Gasteiger partial charge < -0.3 is 5.32 Å². The van der Waals surface area contributed by atoms with Gasteiger partial charge in [0.25, 0.3) is 10.0 Å². The highest BCUT2D eigenvalue weighted by atomic mass is 35.5. The summed E-state index contributed by atoms with van der Waals surface area (Å²) in [6.45, 7) is 3.45. The lowest BCUT2D eigenvalue weighted by Crippen LogP contribution is -2.35. The van der Waals surface area contributed by atoms with Gasteiger partial charge in [-0.15, -0.1) is 0 Å². The summed E-state index contributed by atoms with van der Waals surface area (Å²) < 4.78 is 27.7. The monoisotopic (exact) mass is 336 g/mol. The van der Waals surface area contributed by atoms with Gasteiger partial charge in [-0.3, -0.25) is 4.31 Å². The van der Waals surface area contributed by atoms with Crippen molar-refractivity contribution in [3.05, 3.63) is 58.6 Å². The van der Waals surface area contributed by atoms with E-state index < -0.39 is 10.0 Å². The van der Waals surface area contributed by atoms with E-state index in [2.05, 4.69) is 5.32 Å². The molecular formula is C16H17ClN2O2S. The molecule has 0 amide bonds. The predicted molar refractivity (Wildman–Crippen MR) is 88.9 cm³/mol. The fourth-order valence-electron chi connectivity index (χ4n) is 2.70. The SMILES string of the molecule is Cc1cc(Cl)ccc1S(=O)(=O)N1CCNCc2ccccc21. The summed E-state index contributed by atoms with van der Waals surface area (Å²) in [5.41, 5.74) is 2.37. The molecule has 0 aliphatic carbocycles. The number of sulfonamides is 1. The standard InChI is InChI=1S/C16H17ClN2O2S/c1-12-10-14(17)6-7-16(12)22(20,21)19-9-8-18-11-13-4-2-3-5-15(13)19/h2-7,10,18H,8-9,11H2,1H3. The first-order valence-corrected chi connectivity index (χ1v) is 8.89. The second kappa shape index (κ2) is 5.91. The third kappa shape index (κ3) is 2.72. The molecule has 0 unspecified atom stereocenters. The first-order chi connectivity index (χ1) is 10.5. The largest absolute Gasteiger partial charge is 0.311 e. The zero-order valence-corrected chi connectivity index (χ0v) is 13.8. The number of fused-ring (bicyclic) bond motifs is 1. The Hall–Kier alpha value is -1.56. The maximum atomic E-state index is 13.1. The molecule has 3 rings (SSSR count). The van der Waals surface area contributed by atoms with Crippen LogP contribution in [0.4, 0.5) is 5.69 Å². The van der Waals surface area contributed by atoms with Crippen molar-refractivity contribution in [1.29, 1.82) is 0 Å². The van der Waals surface area contributed by atoms with Gasteiger partial charge in [0.1, 0.15) is 0 Å². The first kappa shape index (κ1) is 15.3. The van der Waals surface area contributed by atoms with Crippen LogP contribution in [0.2, 0.25) is 5.02 Å². The molecule has 0 aromatic heterocycles. The van der Waals surface area contributed by atoms with Gasteiger partial charge in [-0.05, 0) is 42.3 Å². The van der Waals surface area contributed by atoms with Crippen molar-refractivity contribution < 1.29 is 8.42 Å². The maximum absolute atomic E-state index is 13.1. The van der Waals surface area contributed by atoms with Crippen LogP contribution in [0.3, 0.4) is 0 Å². The van der Waals surface area contributed by atoms with E-state index in [0.717, 1.165) is 11.3 Å². The Labute approximate surface area is 135 Å². The van der Waals surface area contributed by atoms with E-state index in [9.17, 15) is 8.42 Å². The van der Waals surface area contributed by atoms with Crippen molar-refractivity contribution in [3.8, 4) is 0 Å². The molecule has 22 heavy (non-hydrogen) atoms. The number of nitrogens with zero attached hydrogens (tertiary/aromatic N) is 1. The minimum atomic E-state index is -3.61. The fraction of sp³-hybridized carbons (Fsp3) is 0.250. The second-order valence-electron chi connectivity index (χ2n) is 5.29. The summed E-state index contributed by atoms with van der Waals surface area (Å²) in [7, 11) is -3.61. The van der Waals surface area contributed by atoms with Crippen LogP contribution >= 0.6 is 11.6 Å². The third-order valence-corrected chi connectivity index (χ3v) is 5.98. The van der Waals surface area contributed by atoms with Crippen LogP contribution in [0, 0.1) is 6.92 Å². The van der Waals surface area contributed by atoms with Gasteiger partial charge in [-0.1, -0.05) is 29.8 Å². The van der Waals surface area contributed by atoms with Crippen molar-refractivity contribution in [3.63, 3.8) is 0 Å². The molecule has 0 spiro atoms. The van der Waals surface area contributed by atoms with Gasteiger partial charge >= 0.3 is 0 Å². The average Bonchev–Trinajstić information content (AvgIpc) is 2.69. The molecule has 0 saturated carbocycles. The summed E-state index contributed by atoms with van der Waals surface area (Å²) in [4.78, 5) is 0.300. The van der Waals surface area contributed by atoms with Gasteiger partial charge in [0.15, 0.2) is 0 Å². The molecule has 1 heterocycles. The molecule has 4 nitrogen and oxygen atoms in total. The average molecular weight is 337 g/mol.